The molecular weight excluding hydrogens is 210 g/mol. The Balaban J connectivity index is 2.64. The number of aldehydes is 1. The summed E-state index contributed by atoms with van der Waals surface area (Å²) in [5, 5.41) is 0. The van der Waals surface area contributed by atoms with E-state index in [-0.39, 0.29) is 10.8 Å². The van der Waals surface area contributed by atoms with Crippen LogP contribution in [-0.2, 0) is 4.79 Å². The van der Waals surface area contributed by atoms with Gasteiger partial charge in [-0.25, -0.2) is 0 Å². The minimum absolute atomic E-state index is 0.0630. The molecule has 1 rings (SSSR count). The topological polar surface area (TPSA) is 20.3 Å². The van der Waals surface area contributed by atoms with Crippen LogP contribution in [0.4, 0.5) is 0 Å². The highest BCUT2D eigenvalue weighted by Crippen LogP contribution is 2.36. The first-order valence-corrected chi connectivity index (χ1v) is 6.97. The lowest BCUT2D eigenvalue weighted by molar-refractivity contribution is -0.119. The van der Waals surface area contributed by atoms with Crippen molar-refractivity contribution in [1.29, 1.82) is 0 Å². The molecule has 0 aliphatic heterocycles. The zero-order valence-electron chi connectivity index (χ0n) is 12.3. The van der Waals surface area contributed by atoms with Gasteiger partial charge in [-0.2, -0.15) is 0 Å². The Bertz CT molecular complexity index is 248. The van der Waals surface area contributed by atoms with Crippen LogP contribution in [-0.4, -0.2) is 30.8 Å². The molecule has 1 saturated carbocycles. The van der Waals surface area contributed by atoms with Gasteiger partial charge in [-0.3, -0.25) is 0 Å². The lowest BCUT2D eigenvalue weighted by atomic mass is 9.74. The van der Waals surface area contributed by atoms with E-state index in [1.54, 1.807) is 0 Å². The molecule has 0 spiro atoms. The molecule has 0 heterocycles. The van der Waals surface area contributed by atoms with E-state index in [1.807, 2.05) is 0 Å². The standard InChI is InChI=1S/C15H29NO/c1-13(14(2,3)4)16(5)11-15(12-17)9-7-6-8-10-15/h12-13H,6-11H2,1-5H3. The minimum Gasteiger partial charge on any atom is -0.303 e. The van der Waals surface area contributed by atoms with E-state index in [0.717, 1.165) is 19.4 Å². The maximum atomic E-state index is 11.5. The average molecular weight is 239 g/mol. The monoisotopic (exact) mass is 239 g/mol. The van der Waals surface area contributed by atoms with E-state index in [0.29, 0.717) is 6.04 Å². The Kier molecular flexibility index (Phi) is 4.77. The Hall–Kier alpha value is -0.370. The Morgan fingerprint density at radius 3 is 2.18 bits per heavy atom. The third kappa shape index (κ3) is 3.80. The zero-order chi connectivity index (χ0) is 13.1. The van der Waals surface area contributed by atoms with Crippen LogP contribution in [0, 0.1) is 10.8 Å². The molecule has 0 saturated heterocycles. The fourth-order valence-corrected chi connectivity index (χ4v) is 2.86. The van der Waals surface area contributed by atoms with Crippen LogP contribution in [0.1, 0.15) is 59.8 Å². The number of nitrogens with zero attached hydrogens (tertiary/aromatic N) is 1. The van der Waals surface area contributed by atoms with E-state index in [1.165, 1.54) is 25.5 Å². The molecule has 1 aliphatic rings. The van der Waals surface area contributed by atoms with Crippen molar-refractivity contribution in [2.75, 3.05) is 13.6 Å². The summed E-state index contributed by atoms with van der Waals surface area (Å²) < 4.78 is 0. The average Bonchev–Trinajstić information content (AvgIpc) is 2.28. The normalized spacial score (nSPS) is 22.5. The first-order chi connectivity index (χ1) is 7.81. The van der Waals surface area contributed by atoms with Crippen LogP contribution < -0.4 is 0 Å². The predicted octanol–water partition coefficient (Wildman–Crippen LogP) is 3.50. The van der Waals surface area contributed by atoms with E-state index in [9.17, 15) is 4.79 Å². The molecule has 100 valence electrons. The molecule has 1 atom stereocenters. The molecule has 1 unspecified atom stereocenters. The van der Waals surface area contributed by atoms with Crippen LogP contribution in [0.5, 0.6) is 0 Å². The largest absolute Gasteiger partial charge is 0.303 e. The number of carbonyl (C=O) groups is 1. The molecule has 2 heteroatoms. The Labute approximate surface area is 107 Å². The SMILES string of the molecule is CC(N(C)CC1(C=O)CCCCC1)C(C)(C)C. The van der Waals surface area contributed by atoms with Crippen LogP contribution >= 0.6 is 0 Å². The molecule has 2 nitrogen and oxygen atoms in total. The van der Waals surface area contributed by atoms with Crippen molar-refractivity contribution in [3.05, 3.63) is 0 Å². The number of hydrogen-bond donors (Lipinski definition) is 0. The van der Waals surface area contributed by atoms with E-state index < -0.39 is 0 Å². The summed E-state index contributed by atoms with van der Waals surface area (Å²) in [5.41, 5.74) is 0.208. The number of hydrogen-bond acceptors (Lipinski definition) is 2. The fourth-order valence-electron chi connectivity index (χ4n) is 2.86. The molecule has 1 aliphatic carbocycles. The fraction of sp³-hybridized carbons (Fsp3) is 0.933. The summed E-state index contributed by atoms with van der Waals surface area (Å²) in [6.07, 6.45) is 7.13. The maximum absolute atomic E-state index is 11.5. The smallest absolute Gasteiger partial charge is 0.127 e. The molecular formula is C15H29NO. The second-order valence-corrected chi connectivity index (χ2v) is 7.00. The summed E-state index contributed by atoms with van der Waals surface area (Å²) in [6.45, 7) is 9.99. The maximum Gasteiger partial charge on any atom is 0.127 e. The van der Waals surface area contributed by atoms with Gasteiger partial charge >= 0.3 is 0 Å². The lowest BCUT2D eigenvalue weighted by Gasteiger charge is -2.41. The minimum atomic E-state index is -0.0630. The lowest BCUT2D eigenvalue weighted by Crippen LogP contribution is -2.46. The second kappa shape index (κ2) is 5.51. The van der Waals surface area contributed by atoms with Crippen LogP contribution in [0.2, 0.25) is 0 Å². The predicted molar refractivity (Wildman–Crippen MR) is 73.1 cm³/mol. The van der Waals surface area contributed by atoms with Gasteiger partial charge < -0.3 is 9.69 Å². The highest BCUT2D eigenvalue weighted by molar-refractivity contribution is 5.60. The quantitative estimate of drug-likeness (QED) is 0.700. The van der Waals surface area contributed by atoms with Crippen molar-refractivity contribution < 1.29 is 4.79 Å². The highest BCUT2D eigenvalue weighted by atomic mass is 16.1. The first-order valence-electron chi connectivity index (χ1n) is 6.97. The van der Waals surface area contributed by atoms with Crippen molar-refractivity contribution in [2.45, 2.75) is 65.8 Å². The number of carbonyl (C=O) groups excluding carboxylic acids is 1. The first kappa shape index (κ1) is 14.7. The van der Waals surface area contributed by atoms with Crippen molar-refractivity contribution in [3.8, 4) is 0 Å². The third-order valence-corrected chi connectivity index (χ3v) is 4.58. The van der Waals surface area contributed by atoms with Crippen LogP contribution in [0.15, 0.2) is 0 Å². The molecule has 1 fully saturated rings. The molecule has 0 aromatic rings. The van der Waals surface area contributed by atoms with Crippen molar-refractivity contribution in [1.82, 2.24) is 4.90 Å². The van der Waals surface area contributed by atoms with Crippen LogP contribution in [0.3, 0.4) is 0 Å². The van der Waals surface area contributed by atoms with Gasteiger partial charge in [-0.1, -0.05) is 40.0 Å². The van der Waals surface area contributed by atoms with Gasteiger partial charge in [-0.15, -0.1) is 0 Å². The highest BCUT2D eigenvalue weighted by Gasteiger charge is 2.35. The third-order valence-electron chi connectivity index (χ3n) is 4.58. The van der Waals surface area contributed by atoms with Gasteiger partial charge in [0.15, 0.2) is 0 Å². The van der Waals surface area contributed by atoms with Gasteiger partial charge in [-0.05, 0) is 32.2 Å². The van der Waals surface area contributed by atoms with Crippen molar-refractivity contribution in [2.24, 2.45) is 10.8 Å². The van der Waals surface area contributed by atoms with Gasteiger partial charge in [0.05, 0.1) is 0 Å². The van der Waals surface area contributed by atoms with E-state index in [2.05, 4.69) is 39.6 Å². The van der Waals surface area contributed by atoms with Crippen LogP contribution in [0.25, 0.3) is 0 Å². The Morgan fingerprint density at radius 2 is 1.76 bits per heavy atom. The van der Waals surface area contributed by atoms with Gasteiger partial charge in [0, 0.05) is 18.0 Å². The van der Waals surface area contributed by atoms with Gasteiger partial charge in [0.1, 0.15) is 6.29 Å². The molecule has 0 radical (unpaired) electrons. The van der Waals surface area contributed by atoms with Crippen molar-refractivity contribution >= 4 is 6.29 Å². The molecule has 0 N–H and O–H groups in total. The second-order valence-electron chi connectivity index (χ2n) is 7.00. The summed E-state index contributed by atoms with van der Waals surface area (Å²) in [4.78, 5) is 13.8. The summed E-state index contributed by atoms with van der Waals surface area (Å²) in [7, 11) is 2.16. The van der Waals surface area contributed by atoms with E-state index >= 15 is 0 Å². The van der Waals surface area contributed by atoms with E-state index in [4.69, 9.17) is 0 Å². The summed E-state index contributed by atoms with van der Waals surface area (Å²) in [6, 6.07) is 0.501. The van der Waals surface area contributed by atoms with Gasteiger partial charge in [0.25, 0.3) is 0 Å². The molecule has 17 heavy (non-hydrogen) atoms. The molecule has 0 amide bonds. The zero-order valence-corrected chi connectivity index (χ0v) is 12.3. The molecule has 0 bridgehead atoms. The molecule has 0 aromatic heterocycles. The summed E-state index contributed by atoms with van der Waals surface area (Å²) >= 11 is 0. The van der Waals surface area contributed by atoms with Crippen molar-refractivity contribution in [3.63, 3.8) is 0 Å². The van der Waals surface area contributed by atoms with Gasteiger partial charge in [0.2, 0.25) is 0 Å². The summed E-state index contributed by atoms with van der Waals surface area (Å²) in [5.74, 6) is 0. The molecule has 0 aromatic carbocycles. The Morgan fingerprint density at radius 1 is 1.24 bits per heavy atom. The number of rotatable bonds is 4.